The van der Waals surface area contributed by atoms with Gasteiger partial charge in [-0.1, -0.05) is 6.92 Å². The molecule has 0 N–H and O–H groups in total. The molecule has 5 nitrogen and oxygen atoms in total. The molecule has 0 spiro atoms. The highest BCUT2D eigenvalue weighted by molar-refractivity contribution is 9.10. The SMILES string of the molecule is CC1CN(C(=O)OC(C)(C)C)CCC1n1cc(Br)cn1. The van der Waals surface area contributed by atoms with E-state index in [-0.39, 0.29) is 6.09 Å². The van der Waals surface area contributed by atoms with Gasteiger partial charge in [0.2, 0.25) is 0 Å². The first-order chi connectivity index (χ1) is 9.26. The molecule has 20 heavy (non-hydrogen) atoms. The van der Waals surface area contributed by atoms with E-state index >= 15 is 0 Å². The lowest BCUT2D eigenvalue weighted by Gasteiger charge is -2.37. The Morgan fingerprint density at radius 3 is 2.70 bits per heavy atom. The zero-order valence-electron chi connectivity index (χ0n) is 12.5. The van der Waals surface area contributed by atoms with Gasteiger partial charge < -0.3 is 9.64 Å². The molecule has 1 aromatic heterocycles. The molecule has 6 heteroatoms. The monoisotopic (exact) mass is 343 g/mol. The molecule has 1 saturated heterocycles. The number of aromatic nitrogens is 2. The van der Waals surface area contributed by atoms with Crippen molar-refractivity contribution in [2.24, 2.45) is 5.92 Å². The maximum atomic E-state index is 12.1. The molecule has 0 aliphatic carbocycles. The summed E-state index contributed by atoms with van der Waals surface area (Å²) in [6.07, 6.45) is 4.47. The van der Waals surface area contributed by atoms with E-state index in [0.717, 1.165) is 10.9 Å². The fraction of sp³-hybridized carbons (Fsp3) is 0.714. The van der Waals surface area contributed by atoms with Crippen LogP contribution in [0.5, 0.6) is 0 Å². The third-order valence-corrected chi connectivity index (χ3v) is 3.83. The highest BCUT2D eigenvalue weighted by atomic mass is 79.9. The molecule has 1 aliphatic rings. The molecule has 1 aromatic rings. The largest absolute Gasteiger partial charge is 0.444 e. The van der Waals surface area contributed by atoms with Crippen LogP contribution in [0.15, 0.2) is 16.9 Å². The van der Waals surface area contributed by atoms with Crippen LogP contribution in [0.1, 0.15) is 40.2 Å². The van der Waals surface area contributed by atoms with E-state index in [4.69, 9.17) is 4.74 Å². The van der Waals surface area contributed by atoms with Gasteiger partial charge in [0.25, 0.3) is 0 Å². The van der Waals surface area contributed by atoms with Crippen molar-refractivity contribution in [1.82, 2.24) is 14.7 Å². The van der Waals surface area contributed by atoms with Crippen LogP contribution in [0.2, 0.25) is 0 Å². The average molecular weight is 344 g/mol. The first kappa shape index (κ1) is 15.4. The molecule has 112 valence electrons. The highest BCUT2D eigenvalue weighted by Crippen LogP contribution is 2.29. The summed E-state index contributed by atoms with van der Waals surface area (Å²) in [5, 5.41) is 4.35. The Kier molecular flexibility index (Phi) is 4.42. The highest BCUT2D eigenvalue weighted by Gasteiger charge is 2.32. The molecule has 2 heterocycles. The summed E-state index contributed by atoms with van der Waals surface area (Å²) in [6, 6.07) is 0.333. The number of halogens is 1. The number of hydrogen-bond acceptors (Lipinski definition) is 3. The van der Waals surface area contributed by atoms with Crippen molar-refractivity contribution < 1.29 is 9.53 Å². The Morgan fingerprint density at radius 2 is 2.20 bits per heavy atom. The average Bonchev–Trinajstić information content (AvgIpc) is 2.73. The van der Waals surface area contributed by atoms with Crippen LogP contribution in [0.3, 0.4) is 0 Å². The second kappa shape index (κ2) is 5.76. The van der Waals surface area contributed by atoms with Gasteiger partial charge in [-0.05, 0) is 49.0 Å². The molecule has 0 aromatic carbocycles. The van der Waals surface area contributed by atoms with Crippen LogP contribution < -0.4 is 0 Å². The van der Waals surface area contributed by atoms with Gasteiger partial charge >= 0.3 is 6.09 Å². The first-order valence-electron chi connectivity index (χ1n) is 6.94. The normalized spacial score (nSPS) is 23.8. The molecule has 1 aliphatic heterocycles. The number of carbonyl (C=O) groups is 1. The topological polar surface area (TPSA) is 47.4 Å². The maximum absolute atomic E-state index is 12.1. The van der Waals surface area contributed by atoms with Gasteiger partial charge in [-0.15, -0.1) is 0 Å². The third kappa shape index (κ3) is 3.75. The Balaban J connectivity index is 1.97. The second-order valence-corrected chi connectivity index (χ2v) is 7.31. The van der Waals surface area contributed by atoms with Crippen molar-refractivity contribution in [2.45, 2.75) is 45.8 Å². The standard InChI is InChI=1S/C14H22BrN3O2/c1-10-8-17(13(19)20-14(2,3)4)6-5-12(10)18-9-11(15)7-16-18/h7,9-10,12H,5-6,8H2,1-4H3. The van der Waals surface area contributed by atoms with E-state index in [2.05, 4.69) is 28.0 Å². The van der Waals surface area contributed by atoms with Gasteiger partial charge in [0.1, 0.15) is 5.60 Å². The Bertz CT molecular complexity index is 481. The molecular weight excluding hydrogens is 322 g/mol. The number of carbonyl (C=O) groups excluding carboxylic acids is 1. The third-order valence-electron chi connectivity index (χ3n) is 3.42. The van der Waals surface area contributed by atoms with Gasteiger partial charge in [0.15, 0.2) is 0 Å². The van der Waals surface area contributed by atoms with Crippen molar-refractivity contribution >= 4 is 22.0 Å². The predicted molar refractivity (Wildman–Crippen MR) is 80.6 cm³/mol. The van der Waals surface area contributed by atoms with Crippen LogP contribution in [-0.2, 0) is 4.74 Å². The van der Waals surface area contributed by atoms with Crippen molar-refractivity contribution in [3.05, 3.63) is 16.9 Å². The summed E-state index contributed by atoms with van der Waals surface area (Å²) in [5.74, 6) is 0.350. The van der Waals surface area contributed by atoms with E-state index in [9.17, 15) is 4.79 Å². The molecule has 2 rings (SSSR count). The minimum absolute atomic E-state index is 0.218. The molecule has 2 unspecified atom stereocenters. The first-order valence-corrected chi connectivity index (χ1v) is 7.73. The molecule has 1 amide bonds. The second-order valence-electron chi connectivity index (χ2n) is 6.40. The summed E-state index contributed by atoms with van der Waals surface area (Å²) in [6.45, 7) is 9.24. The lowest BCUT2D eigenvalue weighted by molar-refractivity contribution is 0.0118. The van der Waals surface area contributed by atoms with Gasteiger partial charge in [0, 0.05) is 19.3 Å². The van der Waals surface area contributed by atoms with Gasteiger partial charge in [-0.25, -0.2) is 4.79 Å². The minimum Gasteiger partial charge on any atom is -0.444 e. The quantitative estimate of drug-likeness (QED) is 0.784. The van der Waals surface area contributed by atoms with Crippen molar-refractivity contribution in [3.8, 4) is 0 Å². The maximum Gasteiger partial charge on any atom is 0.410 e. The summed E-state index contributed by atoms with van der Waals surface area (Å²) in [7, 11) is 0. The smallest absolute Gasteiger partial charge is 0.410 e. The molecule has 1 fully saturated rings. The predicted octanol–water partition coefficient (Wildman–Crippen LogP) is 3.46. The van der Waals surface area contributed by atoms with Crippen LogP contribution >= 0.6 is 15.9 Å². The summed E-state index contributed by atoms with van der Waals surface area (Å²) < 4.78 is 8.40. The number of amides is 1. The molecule has 0 radical (unpaired) electrons. The number of piperidine rings is 1. The zero-order chi connectivity index (χ0) is 14.9. The lowest BCUT2D eigenvalue weighted by Crippen LogP contribution is -2.45. The number of nitrogens with zero attached hydrogens (tertiary/aromatic N) is 3. The van der Waals surface area contributed by atoms with E-state index in [0.29, 0.717) is 25.0 Å². The molecular formula is C14H22BrN3O2. The molecule has 0 saturated carbocycles. The van der Waals surface area contributed by atoms with Gasteiger partial charge in [-0.2, -0.15) is 5.10 Å². The Labute approximate surface area is 128 Å². The molecule has 0 bridgehead atoms. The summed E-state index contributed by atoms with van der Waals surface area (Å²) >= 11 is 3.42. The minimum atomic E-state index is -0.440. The van der Waals surface area contributed by atoms with E-state index in [1.165, 1.54) is 0 Å². The fourth-order valence-electron chi connectivity index (χ4n) is 2.51. The Hall–Kier alpha value is -1.04. The van der Waals surface area contributed by atoms with Crippen molar-refractivity contribution in [1.29, 1.82) is 0 Å². The van der Waals surface area contributed by atoms with Gasteiger partial charge in [0.05, 0.1) is 16.7 Å². The fourth-order valence-corrected chi connectivity index (χ4v) is 2.82. The summed E-state index contributed by atoms with van der Waals surface area (Å²) in [5.41, 5.74) is -0.440. The van der Waals surface area contributed by atoms with Crippen molar-refractivity contribution in [3.63, 3.8) is 0 Å². The number of hydrogen-bond donors (Lipinski definition) is 0. The number of ether oxygens (including phenoxy) is 1. The van der Waals surface area contributed by atoms with E-state index < -0.39 is 5.60 Å². The van der Waals surface area contributed by atoms with Gasteiger partial charge in [-0.3, -0.25) is 4.68 Å². The van der Waals surface area contributed by atoms with E-state index in [1.807, 2.05) is 31.6 Å². The van der Waals surface area contributed by atoms with Crippen LogP contribution in [0.4, 0.5) is 4.79 Å². The van der Waals surface area contributed by atoms with Crippen LogP contribution in [-0.4, -0.2) is 39.5 Å². The molecule has 2 atom stereocenters. The summed E-state index contributed by atoms with van der Waals surface area (Å²) in [4.78, 5) is 13.9. The van der Waals surface area contributed by atoms with Crippen LogP contribution in [0.25, 0.3) is 0 Å². The van der Waals surface area contributed by atoms with Crippen molar-refractivity contribution in [2.75, 3.05) is 13.1 Å². The lowest BCUT2D eigenvalue weighted by atomic mass is 9.94. The number of likely N-dealkylation sites (tertiary alicyclic amines) is 1. The number of rotatable bonds is 1. The zero-order valence-corrected chi connectivity index (χ0v) is 14.1. The van der Waals surface area contributed by atoms with Crippen LogP contribution in [0, 0.1) is 5.92 Å². The Morgan fingerprint density at radius 1 is 1.50 bits per heavy atom. The van der Waals surface area contributed by atoms with E-state index in [1.54, 1.807) is 11.1 Å².